The maximum absolute atomic E-state index is 12.3. The smallest absolute Gasteiger partial charge is 0.305 e. The summed E-state index contributed by atoms with van der Waals surface area (Å²) in [6.07, 6.45) is 0. The molecule has 3 N–H and O–H groups in total. The van der Waals surface area contributed by atoms with Crippen LogP contribution in [0.25, 0.3) is 0 Å². The molecule has 1 aromatic carbocycles. The quantitative estimate of drug-likeness (QED) is 0.531. The molecule has 0 aliphatic rings. The first kappa shape index (κ1) is 23.7. The van der Waals surface area contributed by atoms with Gasteiger partial charge in [0.05, 0.1) is 22.2 Å². The van der Waals surface area contributed by atoms with Crippen LogP contribution >= 0.6 is 23.2 Å². The topological polar surface area (TPSA) is 104 Å². The number of hydrazine groups is 1. The van der Waals surface area contributed by atoms with E-state index in [1.807, 2.05) is 13.8 Å². The third-order valence-corrected chi connectivity index (χ3v) is 5.21. The highest BCUT2D eigenvalue weighted by Gasteiger charge is 2.20. The van der Waals surface area contributed by atoms with Gasteiger partial charge < -0.3 is 9.73 Å². The Morgan fingerprint density at radius 3 is 2.40 bits per heavy atom. The van der Waals surface area contributed by atoms with Crippen molar-refractivity contribution < 1.29 is 18.8 Å². The summed E-state index contributed by atoms with van der Waals surface area (Å²) >= 11 is 11.9. The molecule has 0 aliphatic carbocycles. The highest BCUT2D eigenvalue weighted by molar-refractivity contribution is 6.43. The van der Waals surface area contributed by atoms with Crippen LogP contribution in [0.4, 0.5) is 0 Å². The summed E-state index contributed by atoms with van der Waals surface area (Å²) in [6, 6.07) is 6.92. The molecule has 1 atom stereocenters. The maximum atomic E-state index is 12.3. The minimum absolute atomic E-state index is 0.0693. The van der Waals surface area contributed by atoms with Crippen molar-refractivity contribution in [3.8, 4) is 0 Å². The van der Waals surface area contributed by atoms with Crippen molar-refractivity contribution in [3.63, 3.8) is 0 Å². The third-order valence-electron chi connectivity index (χ3n) is 4.40. The van der Waals surface area contributed by atoms with E-state index in [0.717, 1.165) is 13.1 Å². The molecule has 0 saturated carbocycles. The largest absolute Gasteiger partial charge is 0.454 e. The molecule has 162 valence electrons. The van der Waals surface area contributed by atoms with Gasteiger partial charge >= 0.3 is 5.91 Å². The Labute approximate surface area is 184 Å². The van der Waals surface area contributed by atoms with Crippen LogP contribution in [0.3, 0.4) is 0 Å². The SMILES string of the molecule is CCN(CC)Cc1ccc(C(=O)NNC(=O)C(C)NC(=O)c2cccc(Cl)c2Cl)o1. The van der Waals surface area contributed by atoms with Crippen molar-refractivity contribution in [2.75, 3.05) is 13.1 Å². The fourth-order valence-electron chi connectivity index (χ4n) is 2.56. The Balaban J connectivity index is 1.87. The Morgan fingerprint density at radius 2 is 1.73 bits per heavy atom. The fourth-order valence-corrected chi connectivity index (χ4v) is 2.95. The van der Waals surface area contributed by atoms with Crippen molar-refractivity contribution in [3.05, 3.63) is 57.5 Å². The van der Waals surface area contributed by atoms with Crippen molar-refractivity contribution in [2.45, 2.75) is 33.4 Å². The summed E-state index contributed by atoms with van der Waals surface area (Å²) in [7, 11) is 0. The maximum Gasteiger partial charge on any atom is 0.305 e. The van der Waals surface area contributed by atoms with Gasteiger partial charge in [0.2, 0.25) is 0 Å². The molecule has 8 nitrogen and oxygen atoms in total. The van der Waals surface area contributed by atoms with E-state index in [-0.39, 0.29) is 21.4 Å². The zero-order chi connectivity index (χ0) is 22.3. The van der Waals surface area contributed by atoms with Gasteiger partial charge in [-0.3, -0.25) is 30.1 Å². The van der Waals surface area contributed by atoms with Crippen LogP contribution in [0.15, 0.2) is 34.7 Å². The minimum atomic E-state index is -0.942. The monoisotopic (exact) mass is 454 g/mol. The lowest BCUT2D eigenvalue weighted by molar-refractivity contribution is -0.123. The molecule has 2 rings (SSSR count). The number of hydrogen-bond acceptors (Lipinski definition) is 5. The van der Waals surface area contributed by atoms with Crippen LogP contribution in [0.5, 0.6) is 0 Å². The van der Waals surface area contributed by atoms with E-state index < -0.39 is 23.8 Å². The van der Waals surface area contributed by atoms with Gasteiger partial charge in [0.25, 0.3) is 11.8 Å². The molecule has 1 aromatic heterocycles. The van der Waals surface area contributed by atoms with Gasteiger partial charge in [-0.05, 0) is 44.3 Å². The van der Waals surface area contributed by atoms with Gasteiger partial charge in [-0.25, -0.2) is 0 Å². The highest BCUT2D eigenvalue weighted by atomic mass is 35.5. The molecule has 0 saturated heterocycles. The van der Waals surface area contributed by atoms with Gasteiger partial charge in [0.15, 0.2) is 5.76 Å². The summed E-state index contributed by atoms with van der Waals surface area (Å²) in [5.74, 6) is -1.08. The zero-order valence-electron chi connectivity index (χ0n) is 16.9. The average Bonchev–Trinajstić information content (AvgIpc) is 3.20. The van der Waals surface area contributed by atoms with Gasteiger partial charge in [0, 0.05) is 0 Å². The van der Waals surface area contributed by atoms with Crippen LogP contribution in [0, 0.1) is 0 Å². The average molecular weight is 455 g/mol. The summed E-state index contributed by atoms with van der Waals surface area (Å²) in [6.45, 7) is 7.85. The van der Waals surface area contributed by atoms with Crippen LogP contribution < -0.4 is 16.2 Å². The summed E-state index contributed by atoms with van der Waals surface area (Å²) < 4.78 is 5.52. The molecule has 30 heavy (non-hydrogen) atoms. The molecule has 1 heterocycles. The van der Waals surface area contributed by atoms with Crippen LogP contribution in [0.2, 0.25) is 10.0 Å². The summed E-state index contributed by atoms with van der Waals surface area (Å²) in [4.78, 5) is 38.8. The second-order valence-corrected chi connectivity index (χ2v) is 7.25. The van der Waals surface area contributed by atoms with E-state index in [0.29, 0.717) is 12.3 Å². The second kappa shape index (κ2) is 11.0. The standard InChI is InChI=1S/C20H24Cl2N4O4/c1-4-26(5-2)11-13-9-10-16(30-13)20(29)25-24-18(27)12(3)23-19(28)14-7-6-8-15(21)17(14)22/h6-10,12H,4-5,11H2,1-3H3,(H,23,28)(H,24,27)(H,25,29). The predicted molar refractivity (Wildman–Crippen MR) is 114 cm³/mol. The van der Waals surface area contributed by atoms with E-state index in [9.17, 15) is 14.4 Å². The first-order chi connectivity index (χ1) is 14.3. The lowest BCUT2D eigenvalue weighted by atomic mass is 10.2. The van der Waals surface area contributed by atoms with Gasteiger partial charge in [0.1, 0.15) is 11.8 Å². The van der Waals surface area contributed by atoms with Crippen LogP contribution in [-0.4, -0.2) is 41.8 Å². The molecule has 2 aromatic rings. The number of nitrogens with one attached hydrogen (secondary N) is 3. The van der Waals surface area contributed by atoms with Gasteiger partial charge in [-0.1, -0.05) is 43.1 Å². The highest BCUT2D eigenvalue weighted by Crippen LogP contribution is 2.25. The van der Waals surface area contributed by atoms with E-state index >= 15 is 0 Å². The predicted octanol–water partition coefficient (Wildman–Crippen LogP) is 3.01. The van der Waals surface area contributed by atoms with E-state index in [4.69, 9.17) is 27.6 Å². The van der Waals surface area contributed by atoms with Crippen molar-refractivity contribution in [1.82, 2.24) is 21.1 Å². The number of carbonyl (C=O) groups excluding carboxylic acids is 3. The molecule has 10 heteroatoms. The minimum Gasteiger partial charge on any atom is -0.454 e. The molecule has 0 radical (unpaired) electrons. The van der Waals surface area contributed by atoms with Crippen LogP contribution in [0.1, 0.15) is 47.4 Å². The van der Waals surface area contributed by atoms with Crippen LogP contribution in [-0.2, 0) is 11.3 Å². The molecule has 0 fully saturated rings. The number of nitrogens with zero attached hydrogens (tertiary/aromatic N) is 1. The lowest BCUT2D eigenvalue weighted by Crippen LogP contribution is -2.51. The Bertz CT molecular complexity index is 912. The zero-order valence-corrected chi connectivity index (χ0v) is 18.4. The van der Waals surface area contributed by atoms with Crippen molar-refractivity contribution >= 4 is 40.9 Å². The molecule has 1 unspecified atom stereocenters. The lowest BCUT2D eigenvalue weighted by Gasteiger charge is -2.16. The fraction of sp³-hybridized carbons (Fsp3) is 0.350. The number of hydrogen-bond donors (Lipinski definition) is 3. The molecule has 0 bridgehead atoms. The second-order valence-electron chi connectivity index (χ2n) is 6.47. The number of halogens is 2. The normalized spacial score (nSPS) is 11.8. The number of benzene rings is 1. The number of amides is 3. The van der Waals surface area contributed by atoms with Gasteiger partial charge in [-0.2, -0.15) is 0 Å². The molecular weight excluding hydrogens is 431 g/mol. The first-order valence-electron chi connectivity index (χ1n) is 9.42. The van der Waals surface area contributed by atoms with E-state index in [1.54, 1.807) is 18.2 Å². The third kappa shape index (κ3) is 6.22. The molecular formula is C20H24Cl2N4O4. The molecule has 0 spiro atoms. The number of carbonyl (C=O) groups is 3. The van der Waals surface area contributed by atoms with Gasteiger partial charge in [-0.15, -0.1) is 0 Å². The Hall–Kier alpha value is -2.55. The summed E-state index contributed by atoms with van der Waals surface area (Å²) in [5, 5.41) is 2.81. The summed E-state index contributed by atoms with van der Waals surface area (Å²) in [5.41, 5.74) is 4.66. The van der Waals surface area contributed by atoms with Crippen molar-refractivity contribution in [1.29, 1.82) is 0 Å². The van der Waals surface area contributed by atoms with Crippen molar-refractivity contribution in [2.24, 2.45) is 0 Å². The molecule has 0 aliphatic heterocycles. The van der Waals surface area contributed by atoms with E-state index in [2.05, 4.69) is 21.1 Å². The number of rotatable bonds is 8. The Morgan fingerprint density at radius 1 is 1.03 bits per heavy atom. The molecule has 3 amide bonds. The first-order valence-corrected chi connectivity index (χ1v) is 10.2. The Kier molecular flexibility index (Phi) is 8.71. The number of furan rings is 1. The van der Waals surface area contributed by atoms with E-state index in [1.165, 1.54) is 19.1 Å².